The second-order valence-corrected chi connectivity index (χ2v) is 8.30. The Morgan fingerprint density at radius 2 is 2.03 bits per heavy atom. The number of methoxy groups -OCH3 is 1. The number of benzene rings is 2. The van der Waals surface area contributed by atoms with Gasteiger partial charge in [0.2, 0.25) is 0 Å². The zero-order valence-electron chi connectivity index (χ0n) is 17.9. The van der Waals surface area contributed by atoms with Crippen LogP contribution in [0.25, 0.3) is 11.3 Å². The number of rotatable bonds is 8. The van der Waals surface area contributed by atoms with Crippen molar-refractivity contribution >= 4 is 28.9 Å². The van der Waals surface area contributed by atoms with Gasteiger partial charge in [-0.25, -0.2) is 9.78 Å². The Labute approximate surface area is 190 Å². The topological polar surface area (TPSA) is 78.0 Å². The molecule has 0 N–H and O–H groups in total. The fourth-order valence-electron chi connectivity index (χ4n) is 3.50. The minimum absolute atomic E-state index is 0.125. The third-order valence-corrected chi connectivity index (χ3v) is 5.99. The highest BCUT2D eigenvalue weighted by Gasteiger charge is 2.34. The van der Waals surface area contributed by atoms with Crippen LogP contribution in [0.15, 0.2) is 53.9 Å². The monoisotopic (exact) mass is 452 g/mol. The summed E-state index contributed by atoms with van der Waals surface area (Å²) >= 11 is 1.59. The lowest BCUT2D eigenvalue weighted by Crippen LogP contribution is -2.48. The van der Waals surface area contributed by atoms with Crippen molar-refractivity contribution in [3.8, 4) is 17.0 Å². The molecule has 0 bridgehead atoms. The quantitative estimate of drug-likeness (QED) is 0.383. The molecule has 7 nitrogen and oxygen atoms in total. The number of hydrogen-bond donors (Lipinski definition) is 0. The van der Waals surface area contributed by atoms with E-state index in [2.05, 4.69) is 12.1 Å². The largest absolute Gasteiger partial charge is 0.482 e. The number of carbonyl (C=O) groups is 2. The molecule has 4 rings (SSSR count). The Balaban J connectivity index is 1.57. The minimum Gasteiger partial charge on any atom is -0.482 e. The Morgan fingerprint density at radius 3 is 2.81 bits per heavy atom. The van der Waals surface area contributed by atoms with Crippen LogP contribution in [-0.2, 0) is 25.5 Å². The lowest BCUT2D eigenvalue weighted by molar-refractivity contribution is -0.147. The molecule has 1 unspecified atom stereocenters. The lowest BCUT2D eigenvalue weighted by Gasteiger charge is -2.33. The number of amides is 1. The third kappa shape index (κ3) is 4.81. The number of carbonyl (C=O) groups excluding carboxylic acids is 2. The number of thiazole rings is 1. The molecule has 0 fully saturated rings. The number of hydrogen-bond acceptors (Lipinski definition) is 7. The summed E-state index contributed by atoms with van der Waals surface area (Å²) in [5, 5.41) is 3.00. The number of esters is 1. The Bertz CT molecular complexity index is 1100. The van der Waals surface area contributed by atoms with Crippen LogP contribution in [0.2, 0.25) is 0 Å². The molecule has 3 aromatic rings. The summed E-state index contributed by atoms with van der Waals surface area (Å²) in [4.78, 5) is 31.3. The van der Waals surface area contributed by atoms with Crippen molar-refractivity contribution in [2.75, 3.05) is 31.8 Å². The van der Waals surface area contributed by atoms with Gasteiger partial charge in [0.1, 0.15) is 18.4 Å². The molecular weight excluding hydrogens is 428 g/mol. The smallest absolute Gasteiger partial charge is 0.329 e. The van der Waals surface area contributed by atoms with Gasteiger partial charge in [0.15, 0.2) is 6.61 Å². The van der Waals surface area contributed by atoms with E-state index in [1.54, 1.807) is 18.3 Å². The molecule has 1 atom stereocenters. The number of ether oxygens (including phenoxy) is 3. The standard InChI is InChI=1S/C24H24N2O5S/c1-16(24(28)30-11-10-29-2)26-20-13-18(8-9-21(20)31-14-23(26)27)19-15-32-22(25-19)12-17-6-4-3-5-7-17/h3-9,13,15-16H,10-12,14H2,1-2H3. The van der Waals surface area contributed by atoms with Gasteiger partial charge in [-0.15, -0.1) is 11.3 Å². The van der Waals surface area contributed by atoms with E-state index in [1.165, 1.54) is 17.6 Å². The van der Waals surface area contributed by atoms with Crippen LogP contribution in [0, 0.1) is 0 Å². The van der Waals surface area contributed by atoms with E-state index in [-0.39, 0.29) is 19.1 Å². The summed E-state index contributed by atoms with van der Waals surface area (Å²) in [6, 6.07) is 14.9. The van der Waals surface area contributed by atoms with E-state index in [9.17, 15) is 9.59 Å². The van der Waals surface area contributed by atoms with Crippen molar-refractivity contribution in [2.45, 2.75) is 19.4 Å². The van der Waals surface area contributed by atoms with Crippen LogP contribution in [-0.4, -0.2) is 49.8 Å². The minimum atomic E-state index is -0.790. The van der Waals surface area contributed by atoms with Crippen LogP contribution in [0.1, 0.15) is 17.5 Å². The maximum absolute atomic E-state index is 12.6. The van der Waals surface area contributed by atoms with Gasteiger partial charge in [-0.2, -0.15) is 0 Å². The number of aromatic nitrogens is 1. The van der Waals surface area contributed by atoms with Gasteiger partial charge in [-0.1, -0.05) is 30.3 Å². The summed E-state index contributed by atoms with van der Waals surface area (Å²) in [5.41, 5.74) is 3.40. The van der Waals surface area contributed by atoms with Crippen molar-refractivity contribution in [3.05, 3.63) is 64.5 Å². The van der Waals surface area contributed by atoms with Gasteiger partial charge in [0.25, 0.3) is 5.91 Å². The zero-order chi connectivity index (χ0) is 22.5. The van der Waals surface area contributed by atoms with Gasteiger partial charge in [-0.3, -0.25) is 9.69 Å². The molecule has 0 spiro atoms. The molecule has 2 heterocycles. The highest BCUT2D eigenvalue weighted by atomic mass is 32.1. The summed E-state index contributed by atoms with van der Waals surface area (Å²) in [5.74, 6) is -0.244. The first kappa shape index (κ1) is 22.0. The SMILES string of the molecule is COCCOC(=O)C(C)N1C(=O)COc2ccc(-c3csc(Cc4ccccc4)n3)cc21. The molecule has 1 aliphatic rings. The first-order chi connectivity index (χ1) is 15.6. The lowest BCUT2D eigenvalue weighted by atomic mass is 10.1. The fourth-order valence-corrected chi connectivity index (χ4v) is 4.34. The van der Waals surface area contributed by atoms with E-state index in [0.717, 1.165) is 22.7 Å². The predicted octanol–water partition coefficient (Wildman–Crippen LogP) is 3.70. The molecule has 32 heavy (non-hydrogen) atoms. The molecule has 2 aromatic carbocycles. The molecule has 166 valence electrons. The molecule has 0 saturated carbocycles. The molecule has 1 aromatic heterocycles. The molecule has 8 heteroatoms. The number of fused-ring (bicyclic) bond motifs is 1. The van der Waals surface area contributed by atoms with Crippen molar-refractivity contribution in [1.82, 2.24) is 4.98 Å². The van der Waals surface area contributed by atoms with Gasteiger partial charge in [0.05, 0.1) is 23.0 Å². The van der Waals surface area contributed by atoms with Crippen molar-refractivity contribution in [3.63, 3.8) is 0 Å². The molecule has 0 saturated heterocycles. The molecule has 1 amide bonds. The Kier molecular flexibility index (Phi) is 6.82. The summed E-state index contributed by atoms with van der Waals surface area (Å²) < 4.78 is 15.7. The summed E-state index contributed by atoms with van der Waals surface area (Å²) in [7, 11) is 1.53. The second-order valence-electron chi connectivity index (χ2n) is 7.36. The van der Waals surface area contributed by atoms with Crippen LogP contribution in [0.4, 0.5) is 5.69 Å². The summed E-state index contributed by atoms with van der Waals surface area (Å²) in [6.07, 6.45) is 0.758. The Hall–Kier alpha value is -3.23. The molecule has 0 radical (unpaired) electrons. The molecule has 1 aliphatic heterocycles. The van der Waals surface area contributed by atoms with E-state index < -0.39 is 12.0 Å². The van der Waals surface area contributed by atoms with E-state index in [1.807, 2.05) is 41.8 Å². The van der Waals surface area contributed by atoms with Crippen LogP contribution in [0.3, 0.4) is 0 Å². The number of nitrogens with zero attached hydrogens (tertiary/aromatic N) is 2. The van der Waals surface area contributed by atoms with Crippen molar-refractivity contribution in [2.24, 2.45) is 0 Å². The van der Waals surface area contributed by atoms with Crippen LogP contribution in [0.5, 0.6) is 5.75 Å². The second kappa shape index (κ2) is 9.93. The highest BCUT2D eigenvalue weighted by molar-refractivity contribution is 7.10. The van der Waals surface area contributed by atoms with Crippen LogP contribution >= 0.6 is 11.3 Å². The first-order valence-electron chi connectivity index (χ1n) is 10.3. The van der Waals surface area contributed by atoms with Gasteiger partial charge in [0, 0.05) is 24.5 Å². The van der Waals surface area contributed by atoms with E-state index in [4.69, 9.17) is 19.2 Å². The van der Waals surface area contributed by atoms with Gasteiger partial charge < -0.3 is 14.2 Å². The van der Waals surface area contributed by atoms with E-state index >= 15 is 0 Å². The van der Waals surface area contributed by atoms with Crippen LogP contribution < -0.4 is 9.64 Å². The highest BCUT2D eigenvalue weighted by Crippen LogP contribution is 2.37. The normalized spacial score (nSPS) is 13.9. The van der Waals surface area contributed by atoms with Crippen molar-refractivity contribution in [1.29, 1.82) is 0 Å². The molecule has 0 aliphatic carbocycles. The van der Waals surface area contributed by atoms with E-state index in [0.29, 0.717) is 18.0 Å². The average Bonchev–Trinajstić information content (AvgIpc) is 3.27. The summed E-state index contributed by atoms with van der Waals surface area (Å²) in [6.45, 7) is 1.95. The predicted molar refractivity (Wildman–Crippen MR) is 122 cm³/mol. The van der Waals surface area contributed by atoms with Crippen molar-refractivity contribution < 1.29 is 23.8 Å². The van der Waals surface area contributed by atoms with Gasteiger partial charge in [-0.05, 0) is 30.7 Å². The maximum Gasteiger partial charge on any atom is 0.329 e. The zero-order valence-corrected chi connectivity index (χ0v) is 18.8. The fraction of sp³-hybridized carbons (Fsp3) is 0.292. The third-order valence-electron chi connectivity index (χ3n) is 5.14. The first-order valence-corrected chi connectivity index (χ1v) is 11.2. The average molecular weight is 453 g/mol. The maximum atomic E-state index is 12.6. The number of anilines is 1. The molecular formula is C24H24N2O5S. The Morgan fingerprint density at radius 1 is 1.22 bits per heavy atom. The van der Waals surface area contributed by atoms with Gasteiger partial charge >= 0.3 is 5.97 Å².